The van der Waals surface area contributed by atoms with E-state index in [2.05, 4.69) is 0 Å². The molecule has 0 aliphatic heterocycles. The predicted octanol–water partition coefficient (Wildman–Crippen LogP) is 3.95. The molecule has 0 unspecified atom stereocenters. The van der Waals surface area contributed by atoms with Gasteiger partial charge in [-0.1, -0.05) is 17.7 Å². The van der Waals surface area contributed by atoms with Crippen LogP contribution in [0.15, 0.2) is 47.4 Å². The maximum Gasteiger partial charge on any atom is 0.416 e. The second-order valence-electron chi connectivity index (χ2n) is 4.64. The minimum Gasteiger partial charge on any atom is -0.280 e. The minimum atomic E-state index is -4.77. The SMILES string of the molecule is Cc1ccc(S(=O)(=O)Nc2cc(F)cc(C(F)(F)F)c2)cc1. The number of nitrogens with one attached hydrogen (secondary N) is 1. The standard InChI is InChI=1S/C14H11F4NO2S/c1-9-2-4-13(5-3-9)22(20,21)19-12-7-10(14(16,17)18)6-11(15)8-12/h2-8,19H,1H3. The number of rotatable bonds is 3. The molecule has 2 aromatic rings. The van der Waals surface area contributed by atoms with Gasteiger partial charge in [-0.15, -0.1) is 0 Å². The van der Waals surface area contributed by atoms with Crippen molar-refractivity contribution in [2.45, 2.75) is 18.0 Å². The van der Waals surface area contributed by atoms with Gasteiger partial charge in [0.1, 0.15) is 5.82 Å². The highest BCUT2D eigenvalue weighted by molar-refractivity contribution is 7.92. The third-order valence-corrected chi connectivity index (χ3v) is 4.21. The van der Waals surface area contributed by atoms with Gasteiger partial charge in [0.05, 0.1) is 16.1 Å². The Bertz CT molecular complexity index is 783. The molecule has 0 atom stereocenters. The molecular formula is C14H11F4NO2S. The maximum atomic E-state index is 13.3. The number of benzene rings is 2. The van der Waals surface area contributed by atoms with E-state index < -0.39 is 33.3 Å². The normalized spacial score (nSPS) is 12.2. The van der Waals surface area contributed by atoms with Gasteiger partial charge in [-0.25, -0.2) is 12.8 Å². The third kappa shape index (κ3) is 3.76. The van der Waals surface area contributed by atoms with Crippen LogP contribution in [0.2, 0.25) is 0 Å². The zero-order chi connectivity index (χ0) is 16.5. The predicted molar refractivity (Wildman–Crippen MR) is 73.4 cm³/mol. The quantitative estimate of drug-likeness (QED) is 0.865. The summed E-state index contributed by atoms with van der Waals surface area (Å²) < 4.78 is 77.1. The summed E-state index contributed by atoms with van der Waals surface area (Å²) in [5.74, 6) is -1.18. The zero-order valence-electron chi connectivity index (χ0n) is 11.3. The Labute approximate surface area is 124 Å². The number of alkyl halides is 3. The Morgan fingerprint density at radius 3 is 2.14 bits per heavy atom. The molecule has 8 heteroatoms. The second kappa shape index (κ2) is 5.60. The molecule has 2 rings (SSSR count). The molecule has 1 N–H and O–H groups in total. The molecule has 2 aromatic carbocycles. The molecule has 0 saturated heterocycles. The van der Waals surface area contributed by atoms with Crippen LogP contribution in [0.3, 0.4) is 0 Å². The lowest BCUT2D eigenvalue weighted by molar-refractivity contribution is -0.137. The average Bonchev–Trinajstić information content (AvgIpc) is 2.36. The summed E-state index contributed by atoms with van der Waals surface area (Å²) in [6, 6.07) is 7.21. The van der Waals surface area contributed by atoms with Crippen LogP contribution >= 0.6 is 0 Å². The van der Waals surface area contributed by atoms with E-state index in [0.29, 0.717) is 18.2 Å². The van der Waals surface area contributed by atoms with E-state index in [4.69, 9.17) is 0 Å². The molecule has 0 heterocycles. The summed E-state index contributed by atoms with van der Waals surface area (Å²) >= 11 is 0. The van der Waals surface area contributed by atoms with Gasteiger partial charge in [0.2, 0.25) is 0 Å². The molecule has 0 amide bonds. The Hall–Kier alpha value is -2.09. The van der Waals surface area contributed by atoms with Crippen molar-refractivity contribution in [3.05, 3.63) is 59.4 Å². The molecule has 0 radical (unpaired) electrons. The molecule has 22 heavy (non-hydrogen) atoms. The summed E-state index contributed by atoms with van der Waals surface area (Å²) in [5, 5.41) is 0. The number of hydrogen-bond donors (Lipinski definition) is 1. The molecule has 0 fully saturated rings. The van der Waals surface area contributed by atoms with Crippen LogP contribution in [0.4, 0.5) is 23.2 Å². The molecule has 0 spiro atoms. The van der Waals surface area contributed by atoms with Crippen molar-refractivity contribution in [1.82, 2.24) is 0 Å². The molecule has 118 valence electrons. The van der Waals surface area contributed by atoms with Crippen LogP contribution in [0.5, 0.6) is 0 Å². The largest absolute Gasteiger partial charge is 0.416 e. The summed E-state index contributed by atoms with van der Waals surface area (Å²) in [6.07, 6.45) is -4.77. The highest BCUT2D eigenvalue weighted by Gasteiger charge is 2.31. The highest BCUT2D eigenvalue weighted by atomic mass is 32.2. The van der Waals surface area contributed by atoms with Crippen LogP contribution in [0.25, 0.3) is 0 Å². The fourth-order valence-electron chi connectivity index (χ4n) is 1.74. The third-order valence-electron chi connectivity index (χ3n) is 2.81. The fourth-order valence-corrected chi connectivity index (χ4v) is 2.78. The fraction of sp³-hybridized carbons (Fsp3) is 0.143. The first-order valence-electron chi connectivity index (χ1n) is 6.05. The number of hydrogen-bond acceptors (Lipinski definition) is 2. The van der Waals surface area contributed by atoms with Crippen LogP contribution in [-0.4, -0.2) is 8.42 Å². The van der Waals surface area contributed by atoms with Crippen molar-refractivity contribution in [2.24, 2.45) is 0 Å². The van der Waals surface area contributed by atoms with Crippen LogP contribution in [0.1, 0.15) is 11.1 Å². The molecule has 0 bridgehead atoms. The smallest absolute Gasteiger partial charge is 0.280 e. The van der Waals surface area contributed by atoms with Gasteiger partial charge in [0.15, 0.2) is 0 Å². The van der Waals surface area contributed by atoms with Gasteiger partial charge in [0.25, 0.3) is 10.0 Å². The Balaban J connectivity index is 2.38. The van der Waals surface area contributed by atoms with E-state index in [0.717, 1.165) is 5.56 Å². The summed E-state index contributed by atoms with van der Waals surface area (Å²) in [7, 11) is -4.09. The zero-order valence-corrected chi connectivity index (χ0v) is 12.1. The van der Waals surface area contributed by atoms with Crippen LogP contribution < -0.4 is 4.72 Å². The van der Waals surface area contributed by atoms with Crippen LogP contribution in [0, 0.1) is 12.7 Å². The first-order valence-corrected chi connectivity index (χ1v) is 7.53. The van der Waals surface area contributed by atoms with Crippen molar-refractivity contribution in [2.75, 3.05) is 4.72 Å². The summed E-state index contributed by atoms with van der Waals surface area (Å²) in [6.45, 7) is 1.76. The Morgan fingerprint density at radius 1 is 1.00 bits per heavy atom. The minimum absolute atomic E-state index is 0.129. The van der Waals surface area contributed by atoms with Crippen molar-refractivity contribution in [3.63, 3.8) is 0 Å². The molecular weight excluding hydrogens is 322 g/mol. The van der Waals surface area contributed by atoms with Crippen molar-refractivity contribution >= 4 is 15.7 Å². The van der Waals surface area contributed by atoms with Crippen molar-refractivity contribution in [3.8, 4) is 0 Å². The van der Waals surface area contributed by atoms with Gasteiger partial charge in [-0.3, -0.25) is 4.72 Å². The first-order chi connectivity index (χ1) is 10.1. The molecule has 0 aliphatic carbocycles. The van der Waals surface area contributed by atoms with Gasteiger partial charge < -0.3 is 0 Å². The van der Waals surface area contributed by atoms with E-state index >= 15 is 0 Å². The number of sulfonamides is 1. The number of anilines is 1. The van der Waals surface area contributed by atoms with Gasteiger partial charge in [-0.05, 0) is 37.3 Å². The second-order valence-corrected chi connectivity index (χ2v) is 6.33. The van der Waals surface area contributed by atoms with Crippen LogP contribution in [-0.2, 0) is 16.2 Å². The number of aryl methyl sites for hydroxylation is 1. The molecule has 0 aromatic heterocycles. The van der Waals surface area contributed by atoms with Gasteiger partial charge in [0, 0.05) is 0 Å². The molecule has 0 aliphatic rings. The van der Waals surface area contributed by atoms with Gasteiger partial charge in [-0.2, -0.15) is 13.2 Å². The van der Waals surface area contributed by atoms with Crippen molar-refractivity contribution in [1.29, 1.82) is 0 Å². The monoisotopic (exact) mass is 333 g/mol. The van der Waals surface area contributed by atoms with Gasteiger partial charge >= 0.3 is 6.18 Å². The van der Waals surface area contributed by atoms with E-state index in [9.17, 15) is 26.0 Å². The number of halogens is 4. The van der Waals surface area contributed by atoms with E-state index in [1.165, 1.54) is 12.1 Å². The molecule has 3 nitrogen and oxygen atoms in total. The van der Waals surface area contributed by atoms with E-state index in [1.54, 1.807) is 19.1 Å². The Morgan fingerprint density at radius 2 is 1.59 bits per heavy atom. The van der Waals surface area contributed by atoms with E-state index in [-0.39, 0.29) is 4.90 Å². The van der Waals surface area contributed by atoms with Crippen molar-refractivity contribution < 1.29 is 26.0 Å². The molecule has 0 saturated carbocycles. The maximum absolute atomic E-state index is 13.3. The first kappa shape index (κ1) is 16.3. The van der Waals surface area contributed by atoms with E-state index in [1.807, 2.05) is 4.72 Å². The lowest BCUT2D eigenvalue weighted by atomic mass is 10.2. The summed E-state index contributed by atoms with van der Waals surface area (Å²) in [4.78, 5) is -0.129. The Kier molecular flexibility index (Phi) is 4.15. The average molecular weight is 333 g/mol. The lowest BCUT2D eigenvalue weighted by Crippen LogP contribution is -2.14. The summed E-state index contributed by atoms with van der Waals surface area (Å²) in [5.41, 5.74) is -0.939. The lowest BCUT2D eigenvalue weighted by Gasteiger charge is -2.12. The highest BCUT2D eigenvalue weighted by Crippen LogP contribution is 2.32. The topological polar surface area (TPSA) is 46.2 Å².